The Hall–Kier alpha value is -2.67. The number of benzene rings is 1. The molecule has 1 aromatic heterocycles. The summed E-state index contributed by atoms with van der Waals surface area (Å²) in [5.74, 6) is -2.82. The van der Waals surface area contributed by atoms with Crippen molar-refractivity contribution in [2.45, 2.75) is 0 Å². The fraction of sp³-hybridized carbons (Fsp3) is 0.154. The number of carbonyl (C=O) groups is 2. The van der Waals surface area contributed by atoms with Crippen LogP contribution in [0, 0.1) is 0 Å². The van der Waals surface area contributed by atoms with Crippen LogP contribution in [-0.2, 0) is 0 Å². The lowest BCUT2D eigenvalue weighted by Gasteiger charge is -2.15. The molecule has 0 atom stereocenters. The molecular weight excluding hydrogens is 264 g/mol. The van der Waals surface area contributed by atoms with Gasteiger partial charge in [0.15, 0.2) is 0 Å². The van der Waals surface area contributed by atoms with Gasteiger partial charge in [-0.1, -0.05) is 6.07 Å². The van der Waals surface area contributed by atoms with E-state index in [0.717, 1.165) is 6.20 Å². The molecule has 0 aliphatic heterocycles. The molecular formula is C13H10N2O5-2. The Morgan fingerprint density at radius 1 is 1.25 bits per heavy atom. The summed E-state index contributed by atoms with van der Waals surface area (Å²) in [6.07, 6.45) is 1.12. The van der Waals surface area contributed by atoms with Gasteiger partial charge in [-0.05, 0) is 17.7 Å². The fourth-order valence-corrected chi connectivity index (χ4v) is 1.85. The Bertz CT molecular complexity index is 679. The molecule has 1 aromatic carbocycles. The van der Waals surface area contributed by atoms with Crippen molar-refractivity contribution in [3.63, 3.8) is 0 Å². The number of anilines is 1. The first kappa shape index (κ1) is 13.8. The second-order valence-electron chi connectivity index (χ2n) is 4.00. The number of hydrogen-bond donors (Lipinski definition) is 2. The number of aliphatic hydroxyl groups is 1. The van der Waals surface area contributed by atoms with E-state index in [0.29, 0.717) is 10.9 Å². The van der Waals surface area contributed by atoms with Crippen LogP contribution in [0.15, 0.2) is 24.4 Å². The average Bonchev–Trinajstić information content (AvgIpc) is 2.43. The van der Waals surface area contributed by atoms with Crippen LogP contribution >= 0.6 is 0 Å². The van der Waals surface area contributed by atoms with Gasteiger partial charge in [0, 0.05) is 23.7 Å². The van der Waals surface area contributed by atoms with Crippen LogP contribution < -0.4 is 15.5 Å². The molecule has 0 radical (unpaired) electrons. The molecule has 0 saturated carbocycles. The van der Waals surface area contributed by atoms with E-state index in [9.17, 15) is 19.8 Å². The smallest absolute Gasteiger partial charge is 0.0751 e. The minimum atomic E-state index is -1.45. The van der Waals surface area contributed by atoms with E-state index in [1.165, 1.54) is 18.2 Å². The normalized spacial score (nSPS) is 10.4. The summed E-state index contributed by atoms with van der Waals surface area (Å²) in [6, 6.07) is 4.03. The third-order valence-electron chi connectivity index (χ3n) is 2.74. The lowest BCUT2D eigenvalue weighted by atomic mass is 10.1. The molecule has 1 heterocycles. The predicted octanol–water partition coefficient (Wildman–Crippen LogP) is -1.63. The quantitative estimate of drug-likeness (QED) is 0.670. The molecule has 0 amide bonds. The third kappa shape index (κ3) is 2.52. The molecule has 7 nitrogen and oxygen atoms in total. The Morgan fingerprint density at radius 2 is 2.00 bits per heavy atom. The summed E-state index contributed by atoms with van der Waals surface area (Å²) in [5, 5.41) is 33.8. The third-order valence-corrected chi connectivity index (χ3v) is 2.74. The van der Waals surface area contributed by atoms with Gasteiger partial charge in [0.1, 0.15) is 0 Å². The Labute approximate surface area is 113 Å². The molecule has 0 saturated heterocycles. The van der Waals surface area contributed by atoms with Crippen molar-refractivity contribution in [1.82, 2.24) is 4.98 Å². The van der Waals surface area contributed by atoms with Crippen LogP contribution in [0.4, 0.5) is 5.69 Å². The van der Waals surface area contributed by atoms with E-state index in [4.69, 9.17) is 5.11 Å². The van der Waals surface area contributed by atoms with Gasteiger partial charge in [0.05, 0.1) is 29.7 Å². The summed E-state index contributed by atoms with van der Waals surface area (Å²) in [5.41, 5.74) is 0.274. The molecule has 2 aromatic rings. The molecule has 0 bridgehead atoms. The topological polar surface area (TPSA) is 125 Å². The van der Waals surface area contributed by atoms with Crippen molar-refractivity contribution in [2.75, 3.05) is 18.5 Å². The molecule has 0 aliphatic rings. The van der Waals surface area contributed by atoms with Crippen molar-refractivity contribution in [2.24, 2.45) is 0 Å². The average molecular weight is 274 g/mol. The number of fused-ring (bicyclic) bond motifs is 1. The first-order chi connectivity index (χ1) is 9.54. The number of carbonyl (C=O) groups excluding carboxylic acids is 2. The zero-order chi connectivity index (χ0) is 14.7. The zero-order valence-electron chi connectivity index (χ0n) is 10.3. The van der Waals surface area contributed by atoms with E-state index in [-0.39, 0.29) is 30.0 Å². The maximum atomic E-state index is 11.1. The number of aromatic carboxylic acids is 2. The summed E-state index contributed by atoms with van der Waals surface area (Å²) in [6.45, 7) is -0.106. The van der Waals surface area contributed by atoms with Crippen LogP contribution in [0.3, 0.4) is 0 Å². The van der Waals surface area contributed by atoms with Gasteiger partial charge >= 0.3 is 0 Å². The molecule has 104 valence electrons. The number of hydrogen-bond acceptors (Lipinski definition) is 7. The van der Waals surface area contributed by atoms with E-state index < -0.39 is 11.9 Å². The van der Waals surface area contributed by atoms with Crippen LogP contribution in [0.5, 0.6) is 0 Å². The first-order valence-electron chi connectivity index (χ1n) is 5.74. The maximum absolute atomic E-state index is 11.1. The second-order valence-corrected chi connectivity index (χ2v) is 4.00. The van der Waals surface area contributed by atoms with Gasteiger partial charge in [-0.3, -0.25) is 4.98 Å². The number of rotatable bonds is 5. The number of aromatic nitrogens is 1. The van der Waals surface area contributed by atoms with Gasteiger partial charge in [0.2, 0.25) is 0 Å². The molecule has 20 heavy (non-hydrogen) atoms. The number of nitrogens with zero attached hydrogens (tertiary/aromatic N) is 1. The fourth-order valence-electron chi connectivity index (χ4n) is 1.85. The maximum Gasteiger partial charge on any atom is 0.0751 e. The van der Waals surface area contributed by atoms with E-state index in [2.05, 4.69) is 10.3 Å². The number of carboxylic acid groups (broad SMARTS) is 2. The van der Waals surface area contributed by atoms with Gasteiger partial charge in [0.25, 0.3) is 0 Å². The Morgan fingerprint density at radius 3 is 2.60 bits per heavy atom. The highest BCUT2D eigenvalue weighted by Crippen LogP contribution is 2.26. The Balaban J connectivity index is 2.69. The number of carboxylic acids is 2. The molecule has 0 unspecified atom stereocenters. The lowest BCUT2D eigenvalue weighted by molar-refractivity contribution is -0.256. The Kier molecular flexibility index (Phi) is 3.81. The van der Waals surface area contributed by atoms with Gasteiger partial charge in [-0.15, -0.1) is 0 Å². The van der Waals surface area contributed by atoms with Crippen molar-refractivity contribution in [1.29, 1.82) is 0 Å². The minimum absolute atomic E-state index is 0.0955. The number of aliphatic hydroxyl groups excluding tert-OH is 1. The summed E-state index contributed by atoms with van der Waals surface area (Å²) in [4.78, 5) is 25.9. The van der Waals surface area contributed by atoms with Gasteiger partial charge in [-0.25, -0.2) is 0 Å². The van der Waals surface area contributed by atoms with Crippen LogP contribution in [0.2, 0.25) is 0 Å². The molecule has 0 aliphatic carbocycles. The van der Waals surface area contributed by atoms with Crippen LogP contribution in [0.1, 0.15) is 20.7 Å². The molecule has 0 fully saturated rings. The SMILES string of the molecule is O=C([O-])c1ccc2ncc(C(=O)[O-])c(NCCO)c2c1. The highest BCUT2D eigenvalue weighted by molar-refractivity contribution is 6.05. The molecule has 2 N–H and O–H groups in total. The largest absolute Gasteiger partial charge is 0.545 e. The lowest BCUT2D eigenvalue weighted by Crippen LogP contribution is -2.25. The van der Waals surface area contributed by atoms with Crippen LogP contribution in [-0.4, -0.2) is 35.2 Å². The van der Waals surface area contributed by atoms with Gasteiger partial charge < -0.3 is 30.2 Å². The predicted molar refractivity (Wildman–Crippen MR) is 66.0 cm³/mol. The van der Waals surface area contributed by atoms with E-state index in [1.807, 2.05) is 0 Å². The van der Waals surface area contributed by atoms with Crippen LogP contribution in [0.25, 0.3) is 10.9 Å². The monoisotopic (exact) mass is 274 g/mol. The minimum Gasteiger partial charge on any atom is -0.545 e. The summed E-state index contributed by atoms with van der Waals surface area (Å²) in [7, 11) is 0. The van der Waals surface area contributed by atoms with E-state index >= 15 is 0 Å². The first-order valence-corrected chi connectivity index (χ1v) is 5.74. The van der Waals surface area contributed by atoms with Crippen molar-refractivity contribution < 1.29 is 24.9 Å². The number of pyridine rings is 1. The highest BCUT2D eigenvalue weighted by atomic mass is 16.4. The summed E-state index contributed by atoms with van der Waals surface area (Å²) < 4.78 is 0. The summed E-state index contributed by atoms with van der Waals surface area (Å²) >= 11 is 0. The van der Waals surface area contributed by atoms with Crippen molar-refractivity contribution >= 4 is 28.5 Å². The molecule has 2 rings (SSSR count). The van der Waals surface area contributed by atoms with Gasteiger partial charge in [-0.2, -0.15) is 0 Å². The number of nitrogens with one attached hydrogen (secondary N) is 1. The standard InChI is InChI=1S/C13H12N2O5/c16-4-3-14-11-8-5-7(12(17)18)1-2-10(8)15-6-9(11)13(19)20/h1-2,5-6,16H,3-4H2,(H,14,15)(H,17,18)(H,19,20)/p-2. The second kappa shape index (κ2) is 5.54. The highest BCUT2D eigenvalue weighted by Gasteiger charge is 2.10. The zero-order valence-corrected chi connectivity index (χ0v) is 10.3. The van der Waals surface area contributed by atoms with Crippen molar-refractivity contribution in [3.8, 4) is 0 Å². The van der Waals surface area contributed by atoms with E-state index in [1.54, 1.807) is 0 Å². The van der Waals surface area contributed by atoms with Crippen molar-refractivity contribution in [3.05, 3.63) is 35.5 Å². The molecule has 7 heteroatoms. The molecule has 0 spiro atoms.